The Hall–Kier alpha value is -2.38. The van der Waals surface area contributed by atoms with Crippen molar-refractivity contribution in [2.24, 2.45) is 0 Å². The highest BCUT2D eigenvalue weighted by atomic mass is 35.5. The number of halogens is 1. The molecule has 154 valence electrons. The Morgan fingerprint density at radius 1 is 1.00 bits per heavy atom. The molecule has 0 aliphatic heterocycles. The normalized spacial score (nSPS) is 13.0. The molecular formula is C21H23ClN2O4S. The van der Waals surface area contributed by atoms with Crippen LogP contribution in [0.2, 0.25) is 5.02 Å². The smallest absolute Gasteiger partial charge is 0.225 e. The van der Waals surface area contributed by atoms with Gasteiger partial charge in [0.05, 0.1) is 21.4 Å². The Balaban J connectivity index is 1.63. The molecule has 0 saturated carbocycles. The zero-order chi connectivity index (χ0) is 21.0. The average Bonchev–Trinajstić information content (AvgIpc) is 3.17. The summed E-state index contributed by atoms with van der Waals surface area (Å²) in [5.41, 5.74) is 3.10. The lowest BCUT2D eigenvalue weighted by molar-refractivity contribution is -0.116. The second kappa shape index (κ2) is 8.97. The van der Waals surface area contributed by atoms with E-state index in [-0.39, 0.29) is 23.0 Å². The Labute approximate surface area is 175 Å². The van der Waals surface area contributed by atoms with Gasteiger partial charge in [-0.15, -0.1) is 0 Å². The number of nitrogens with one attached hydrogen (secondary N) is 2. The summed E-state index contributed by atoms with van der Waals surface area (Å²) in [5, 5.41) is 5.61. The van der Waals surface area contributed by atoms with Crippen molar-refractivity contribution >= 4 is 44.6 Å². The lowest BCUT2D eigenvalue weighted by Crippen LogP contribution is -2.18. The van der Waals surface area contributed by atoms with Gasteiger partial charge < -0.3 is 10.6 Å². The number of hydrogen-bond acceptors (Lipinski definition) is 4. The molecule has 0 fully saturated rings. The lowest BCUT2D eigenvalue weighted by atomic mass is 10.1. The largest absolute Gasteiger partial charge is 0.326 e. The van der Waals surface area contributed by atoms with Crippen LogP contribution in [-0.2, 0) is 32.3 Å². The van der Waals surface area contributed by atoms with Gasteiger partial charge in [-0.05, 0) is 60.7 Å². The summed E-state index contributed by atoms with van der Waals surface area (Å²) in [4.78, 5) is 24.1. The van der Waals surface area contributed by atoms with Crippen LogP contribution >= 0.6 is 11.6 Å². The molecule has 0 spiro atoms. The molecule has 0 radical (unpaired) electrons. The third-order valence-electron chi connectivity index (χ3n) is 4.87. The van der Waals surface area contributed by atoms with E-state index in [2.05, 4.69) is 10.6 Å². The SMILES string of the molecule is CCC(=O)Nc1ccc(Cl)c(NC(=O)CCS(=O)(=O)c2ccc3c(c2)CCC3)c1. The molecule has 0 aromatic heterocycles. The lowest BCUT2D eigenvalue weighted by Gasteiger charge is -2.11. The molecule has 0 bridgehead atoms. The topological polar surface area (TPSA) is 92.3 Å². The number of rotatable bonds is 7. The molecule has 2 amide bonds. The molecule has 0 heterocycles. The number of amides is 2. The van der Waals surface area contributed by atoms with Crippen LogP contribution in [0, 0.1) is 0 Å². The van der Waals surface area contributed by atoms with Gasteiger partial charge in [-0.3, -0.25) is 9.59 Å². The van der Waals surface area contributed by atoms with Crippen molar-refractivity contribution in [2.45, 2.75) is 43.9 Å². The van der Waals surface area contributed by atoms with E-state index >= 15 is 0 Å². The number of benzene rings is 2. The first-order valence-electron chi connectivity index (χ1n) is 9.52. The van der Waals surface area contributed by atoms with Crippen molar-refractivity contribution in [1.29, 1.82) is 0 Å². The predicted octanol–water partition coefficient (Wildman–Crippen LogP) is 3.98. The minimum absolute atomic E-state index is 0.162. The molecule has 0 atom stereocenters. The Bertz CT molecular complexity index is 1050. The van der Waals surface area contributed by atoms with Crippen LogP contribution in [0.4, 0.5) is 11.4 Å². The molecule has 29 heavy (non-hydrogen) atoms. The van der Waals surface area contributed by atoms with Crippen LogP contribution < -0.4 is 10.6 Å². The second-order valence-electron chi connectivity index (χ2n) is 7.00. The maximum atomic E-state index is 12.6. The molecule has 2 aromatic rings. The van der Waals surface area contributed by atoms with Crippen molar-refractivity contribution in [3.05, 3.63) is 52.5 Å². The Morgan fingerprint density at radius 3 is 2.52 bits per heavy atom. The van der Waals surface area contributed by atoms with E-state index in [9.17, 15) is 18.0 Å². The van der Waals surface area contributed by atoms with Gasteiger partial charge in [-0.2, -0.15) is 0 Å². The number of hydrogen-bond donors (Lipinski definition) is 2. The first kappa shape index (κ1) is 21.3. The van der Waals surface area contributed by atoms with Gasteiger partial charge in [0.2, 0.25) is 11.8 Å². The van der Waals surface area contributed by atoms with Crippen molar-refractivity contribution < 1.29 is 18.0 Å². The molecule has 8 heteroatoms. The number of carbonyl (C=O) groups is 2. The van der Waals surface area contributed by atoms with Crippen LogP contribution in [0.5, 0.6) is 0 Å². The zero-order valence-electron chi connectivity index (χ0n) is 16.1. The van der Waals surface area contributed by atoms with Crippen molar-refractivity contribution in [3.63, 3.8) is 0 Å². The van der Waals surface area contributed by atoms with Crippen molar-refractivity contribution in [1.82, 2.24) is 0 Å². The summed E-state index contributed by atoms with van der Waals surface area (Å²) in [5.74, 6) is -0.915. The number of anilines is 2. The summed E-state index contributed by atoms with van der Waals surface area (Å²) in [6, 6.07) is 9.95. The van der Waals surface area contributed by atoms with E-state index in [4.69, 9.17) is 11.6 Å². The zero-order valence-corrected chi connectivity index (χ0v) is 17.7. The molecular weight excluding hydrogens is 412 g/mol. The number of aryl methyl sites for hydroxylation is 2. The average molecular weight is 435 g/mol. The van der Waals surface area contributed by atoms with Crippen LogP contribution in [-0.4, -0.2) is 26.0 Å². The van der Waals surface area contributed by atoms with Gasteiger partial charge in [0.25, 0.3) is 0 Å². The van der Waals surface area contributed by atoms with E-state index < -0.39 is 15.7 Å². The molecule has 0 unspecified atom stereocenters. The first-order valence-corrected chi connectivity index (χ1v) is 11.6. The number of carbonyl (C=O) groups excluding carboxylic acids is 2. The van der Waals surface area contributed by atoms with E-state index in [1.807, 2.05) is 6.07 Å². The standard InChI is InChI=1S/C21H23ClN2O4S/c1-2-20(25)23-16-7-9-18(22)19(13-16)24-21(26)10-11-29(27,28)17-8-6-14-4-3-5-15(14)12-17/h6-9,12-13H,2-5,10-11H2,1H3,(H,23,25)(H,24,26). The second-order valence-corrected chi connectivity index (χ2v) is 9.51. The highest BCUT2D eigenvalue weighted by Gasteiger charge is 2.20. The van der Waals surface area contributed by atoms with E-state index in [0.717, 1.165) is 24.8 Å². The van der Waals surface area contributed by atoms with E-state index in [1.165, 1.54) is 5.56 Å². The highest BCUT2D eigenvalue weighted by Crippen LogP contribution is 2.27. The predicted molar refractivity (Wildman–Crippen MR) is 114 cm³/mol. The third-order valence-corrected chi connectivity index (χ3v) is 6.92. The van der Waals surface area contributed by atoms with Gasteiger partial charge in [0, 0.05) is 18.5 Å². The molecule has 0 saturated heterocycles. The van der Waals surface area contributed by atoms with Crippen LogP contribution in [0.25, 0.3) is 0 Å². The van der Waals surface area contributed by atoms with Crippen LogP contribution in [0.15, 0.2) is 41.3 Å². The highest BCUT2D eigenvalue weighted by molar-refractivity contribution is 7.91. The molecule has 1 aliphatic carbocycles. The fraction of sp³-hybridized carbons (Fsp3) is 0.333. The molecule has 2 aromatic carbocycles. The Kier molecular flexibility index (Phi) is 6.59. The summed E-state index contributed by atoms with van der Waals surface area (Å²) in [6.45, 7) is 1.73. The third kappa shape index (κ3) is 5.36. The fourth-order valence-electron chi connectivity index (χ4n) is 3.25. The molecule has 2 N–H and O–H groups in total. The summed E-state index contributed by atoms with van der Waals surface area (Å²) in [7, 11) is -3.56. The van der Waals surface area contributed by atoms with Gasteiger partial charge in [0.1, 0.15) is 0 Å². The van der Waals surface area contributed by atoms with Gasteiger partial charge in [-0.1, -0.05) is 24.6 Å². The van der Waals surface area contributed by atoms with Crippen LogP contribution in [0.3, 0.4) is 0 Å². The molecule has 1 aliphatic rings. The number of fused-ring (bicyclic) bond motifs is 1. The van der Waals surface area contributed by atoms with Crippen molar-refractivity contribution in [3.8, 4) is 0 Å². The summed E-state index contributed by atoms with van der Waals surface area (Å²) < 4.78 is 25.2. The quantitative estimate of drug-likeness (QED) is 0.689. The first-order chi connectivity index (χ1) is 13.8. The Morgan fingerprint density at radius 2 is 1.76 bits per heavy atom. The van der Waals surface area contributed by atoms with Gasteiger partial charge in [0.15, 0.2) is 9.84 Å². The van der Waals surface area contributed by atoms with Gasteiger partial charge in [-0.25, -0.2) is 8.42 Å². The van der Waals surface area contributed by atoms with E-state index in [1.54, 1.807) is 37.3 Å². The minimum Gasteiger partial charge on any atom is -0.326 e. The van der Waals surface area contributed by atoms with Gasteiger partial charge >= 0.3 is 0 Å². The monoisotopic (exact) mass is 434 g/mol. The molecule has 6 nitrogen and oxygen atoms in total. The fourth-order valence-corrected chi connectivity index (χ4v) is 4.70. The summed E-state index contributed by atoms with van der Waals surface area (Å²) >= 11 is 6.11. The number of sulfone groups is 1. The minimum atomic E-state index is -3.56. The van der Waals surface area contributed by atoms with Crippen LogP contribution in [0.1, 0.15) is 37.3 Å². The van der Waals surface area contributed by atoms with Crippen molar-refractivity contribution in [2.75, 3.05) is 16.4 Å². The van der Waals surface area contributed by atoms with E-state index in [0.29, 0.717) is 22.8 Å². The maximum Gasteiger partial charge on any atom is 0.225 e. The molecule has 3 rings (SSSR count). The summed E-state index contributed by atoms with van der Waals surface area (Å²) in [6.07, 6.45) is 3.05. The maximum absolute atomic E-state index is 12.6.